The molecule has 0 fully saturated rings. The van der Waals surface area contributed by atoms with E-state index in [1.807, 2.05) is 10.9 Å². The minimum atomic E-state index is -1.37. The largest absolute Gasteiger partial charge is 0.478 e. The van der Waals surface area contributed by atoms with Crippen LogP contribution in [0.25, 0.3) is 0 Å². The molecule has 0 bridgehead atoms. The van der Waals surface area contributed by atoms with Gasteiger partial charge in [0, 0.05) is 11.8 Å². The number of ether oxygens (including phenoxy) is 2. The molecule has 1 aliphatic carbocycles. The second-order valence-electron chi connectivity index (χ2n) is 11.7. The SMILES string of the molecule is CC(C)(Oc1ccc(C(=O)OCc2cnn(Cc3ccc4c(c3)C(C)(C)CCC4(C)C)c2)cc1)C(=O)O. The molecular weight excluding hydrogens is 468 g/mol. The average Bonchev–Trinajstić information content (AvgIpc) is 3.28. The van der Waals surface area contributed by atoms with E-state index in [1.165, 1.54) is 43.4 Å². The molecule has 37 heavy (non-hydrogen) atoms. The molecule has 4 rings (SSSR count). The van der Waals surface area contributed by atoms with Gasteiger partial charge in [-0.1, -0.05) is 45.9 Å². The van der Waals surface area contributed by atoms with Gasteiger partial charge in [-0.3, -0.25) is 4.68 Å². The van der Waals surface area contributed by atoms with Gasteiger partial charge in [-0.15, -0.1) is 0 Å². The lowest BCUT2D eigenvalue weighted by Gasteiger charge is -2.42. The molecular formula is C30H36N2O5. The van der Waals surface area contributed by atoms with Crippen molar-refractivity contribution in [1.29, 1.82) is 0 Å². The molecule has 2 aromatic carbocycles. The van der Waals surface area contributed by atoms with E-state index in [2.05, 4.69) is 51.0 Å². The molecule has 0 saturated heterocycles. The second-order valence-corrected chi connectivity index (χ2v) is 11.7. The van der Waals surface area contributed by atoms with Crippen molar-refractivity contribution in [2.75, 3.05) is 0 Å². The Bertz CT molecular complexity index is 1300. The maximum absolute atomic E-state index is 12.5. The monoisotopic (exact) mass is 504 g/mol. The van der Waals surface area contributed by atoms with Gasteiger partial charge in [0.25, 0.3) is 0 Å². The predicted molar refractivity (Wildman–Crippen MR) is 141 cm³/mol. The van der Waals surface area contributed by atoms with E-state index in [1.54, 1.807) is 30.5 Å². The summed E-state index contributed by atoms with van der Waals surface area (Å²) in [7, 11) is 0. The Morgan fingerprint density at radius 3 is 2.27 bits per heavy atom. The summed E-state index contributed by atoms with van der Waals surface area (Å²) in [5, 5.41) is 13.6. The standard InChI is InChI=1S/C30H36N2O5/c1-28(2)13-14-29(3,4)25-15-20(7-12-24(25)28)17-32-18-21(16-31-32)19-36-26(33)22-8-10-23(11-9-22)37-30(5,6)27(34)35/h7-12,15-16,18H,13-14,17,19H2,1-6H3,(H,34,35). The Morgan fingerprint density at radius 1 is 0.973 bits per heavy atom. The number of hydrogen-bond donors (Lipinski definition) is 1. The zero-order valence-electron chi connectivity index (χ0n) is 22.5. The summed E-state index contributed by atoms with van der Waals surface area (Å²) >= 11 is 0. The first kappa shape index (κ1) is 26.5. The molecule has 1 aromatic heterocycles. The summed E-state index contributed by atoms with van der Waals surface area (Å²) in [5.74, 6) is -1.19. The van der Waals surface area contributed by atoms with Crippen LogP contribution < -0.4 is 4.74 Å². The molecule has 196 valence electrons. The fourth-order valence-electron chi connectivity index (χ4n) is 4.72. The number of carboxylic acids is 1. The van der Waals surface area contributed by atoms with Crippen molar-refractivity contribution in [3.05, 3.63) is 82.7 Å². The third-order valence-corrected chi connectivity index (χ3v) is 7.30. The normalized spacial score (nSPS) is 16.1. The topological polar surface area (TPSA) is 90.7 Å². The van der Waals surface area contributed by atoms with Crippen LogP contribution >= 0.6 is 0 Å². The molecule has 0 radical (unpaired) electrons. The number of benzene rings is 2. The number of hydrogen-bond acceptors (Lipinski definition) is 5. The van der Waals surface area contributed by atoms with E-state index in [-0.39, 0.29) is 17.4 Å². The summed E-state index contributed by atoms with van der Waals surface area (Å²) in [6.07, 6.45) is 5.97. The lowest BCUT2D eigenvalue weighted by molar-refractivity contribution is -0.152. The highest BCUT2D eigenvalue weighted by atomic mass is 16.5. The zero-order chi connectivity index (χ0) is 27.0. The van der Waals surface area contributed by atoms with Crippen molar-refractivity contribution in [2.45, 2.75) is 84.0 Å². The highest BCUT2D eigenvalue weighted by molar-refractivity contribution is 5.89. The quantitative estimate of drug-likeness (QED) is 0.385. The number of carboxylic acid groups (broad SMARTS) is 1. The van der Waals surface area contributed by atoms with Gasteiger partial charge in [0.2, 0.25) is 0 Å². The first-order chi connectivity index (χ1) is 17.3. The van der Waals surface area contributed by atoms with Crippen molar-refractivity contribution >= 4 is 11.9 Å². The van der Waals surface area contributed by atoms with Gasteiger partial charge in [-0.25, -0.2) is 9.59 Å². The molecule has 0 amide bonds. The Labute approximate surface area is 218 Å². The van der Waals surface area contributed by atoms with Gasteiger partial charge in [0.05, 0.1) is 18.3 Å². The number of carbonyl (C=O) groups excluding carboxylic acids is 1. The lowest BCUT2D eigenvalue weighted by Crippen LogP contribution is -2.37. The maximum Gasteiger partial charge on any atom is 0.347 e. The molecule has 7 heteroatoms. The molecule has 0 unspecified atom stereocenters. The summed E-state index contributed by atoms with van der Waals surface area (Å²) in [4.78, 5) is 23.7. The van der Waals surface area contributed by atoms with Crippen molar-refractivity contribution in [3.63, 3.8) is 0 Å². The van der Waals surface area contributed by atoms with E-state index >= 15 is 0 Å². The molecule has 0 saturated carbocycles. The minimum Gasteiger partial charge on any atom is -0.478 e. The van der Waals surface area contributed by atoms with Crippen LogP contribution in [0.4, 0.5) is 0 Å². The van der Waals surface area contributed by atoms with Crippen LogP contribution in [0.15, 0.2) is 54.9 Å². The maximum atomic E-state index is 12.5. The molecule has 0 spiro atoms. The van der Waals surface area contributed by atoms with Gasteiger partial charge < -0.3 is 14.6 Å². The third kappa shape index (κ3) is 5.87. The lowest BCUT2D eigenvalue weighted by atomic mass is 9.63. The number of esters is 1. The summed E-state index contributed by atoms with van der Waals surface area (Å²) < 4.78 is 12.8. The number of aromatic nitrogens is 2. The van der Waals surface area contributed by atoms with Crippen LogP contribution in [0.3, 0.4) is 0 Å². The van der Waals surface area contributed by atoms with Crippen LogP contribution in [-0.4, -0.2) is 32.4 Å². The molecule has 3 aromatic rings. The van der Waals surface area contributed by atoms with E-state index in [0.29, 0.717) is 17.9 Å². The van der Waals surface area contributed by atoms with Gasteiger partial charge in [-0.05, 0) is 78.5 Å². The first-order valence-electron chi connectivity index (χ1n) is 12.6. The van der Waals surface area contributed by atoms with E-state index < -0.39 is 17.5 Å². The molecule has 1 N–H and O–H groups in total. The average molecular weight is 505 g/mol. The second kappa shape index (κ2) is 9.69. The smallest absolute Gasteiger partial charge is 0.347 e. The van der Waals surface area contributed by atoms with Gasteiger partial charge >= 0.3 is 11.9 Å². The van der Waals surface area contributed by atoms with E-state index in [9.17, 15) is 14.7 Å². The highest BCUT2D eigenvalue weighted by Crippen LogP contribution is 2.45. The van der Waals surface area contributed by atoms with Gasteiger partial charge in [0.15, 0.2) is 5.60 Å². The molecule has 7 nitrogen and oxygen atoms in total. The summed E-state index contributed by atoms with van der Waals surface area (Å²) in [6.45, 7) is 13.0. The number of aliphatic carboxylic acids is 1. The fraction of sp³-hybridized carbons (Fsp3) is 0.433. The van der Waals surface area contributed by atoms with Crippen molar-refractivity contribution in [2.24, 2.45) is 0 Å². The van der Waals surface area contributed by atoms with Gasteiger partial charge in [-0.2, -0.15) is 5.10 Å². The molecule has 0 atom stereocenters. The number of fused-ring (bicyclic) bond motifs is 1. The number of nitrogens with zero attached hydrogens (tertiary/aromatic N) is 2. The summed E-state index contributed by atoms with van der Waals surface area (Å²) in [5.41, 5.74) is 4.19. The number of carbonyl (C=O) groups is 2. The van der Waals surface area contributed by atoms with Crippen LogP contribution in [0.1, 0.15) is 87.0 Å². The Kier molecular flexibility index (Phi) is 6.93. The van der Waals surface area contributed by atoms with Crippen molar-refractivity contribution in [3.8, 4) is 5.75 Å². The van der Waals surface area contributed by atoms with Crippen LogP contribution in [0, 0.1) is 0 Å². The van der Waals surface area contributed by atoms with Crippen LogP contribution in [0.2, 0.25) is 0 Å². The Balaban J connectivity index is 1.36. The van der Waals surface area contributed by atoms with Crippen LogP contribution in [-0.2, 0) is 33.5 Å². The molecule has 0 aliphatic heterocycles. The Hall–Kier alpha value is -3.61. The number of rotatable bonds is 8. The van der Waals surface area contributed by atoms with Crippen molar-refractivity contribution < 1.29 is 24.2 Å². The van der Waals surface area contributed by atoms with Gasteiger partial charge in [0.1, 0.15) is 12.4 Å². The Morgan fingerprint density at radius 2 is 1.62 bits per heavy atom. The fourth-order valence-corrected chi connectivity index (χ4v) is 4.72. The zero-order valence-corrected chi connectivity index (χ0v) is 22.5. The minimum absolute atomic E-state index is 0.106. The summed E-state index contributed by atoms with van der Waals surface area (Å²) in [6, 6.07) is 13.0. The molecule has 1 heterocycles. The highest BCUT2D eigenvalue weighted by Gasteiger charge is 2.37. The van der Waals surface area contributed by atoms with E-state index in [4.69, 9.17) is 9.47 Å². The third-order valence-electron chi connectivity index (χ3n) is 7.30. The molecule has 1 aliphatic rings. The first-order valence-corrected chi connectivity index (χ1v) is 12.6. The van der Waals surface area contributed by atoms with Crippen molar-refractivity contribution in [1.82, 2.24) is 9.78 Å². The van der Waals surface area contributed by atoms with Crippen LogP contribution in [0.5, 0.6) is 5.75 Å². The predicted octanol–water partition coefficient (Wildman–Crippen LogP) is 5.88. The van der Waals surface area contributed by atoms with E-state index in [0.717, 1.165) is 5.56 Å².